The molecule has 140 valence electrons. The predicted molar refractivity (Wildman–Crippen MR) is 98.5 cm³/mol. The van der Waals surface area contributed by atoms with Crippen LogP contribution < -0.4 is 19.9 Å². The molecular formula is C20H22N4O3. The fourth-order valence-electron chi connectivity index (χ4n) is 3.88. The number of rotatable bonds is 4. The summed E-state index contributed by atoms with van der Waals surface area (Å²) in [6, 6.07) is 7.94. The Kier molecular flexibility index (Phi) is 4.40. The highest BCUT2D eigenvalue weighted by Gasteiger charge is 2.34. The third-order valence-electron chi connectivity index (χ3n) is 5.25. The first-order chi connectivity index (χ1) is 13.1. The molecule has 1 saturated carbocycles. The van der Waals surface area contributed by atoms with Crippen LogP contribution in [0.3, 0.4) is 0 Å². The molecule has 27 heavy (non-hydrogen) atoms. The van der Waals surface area contributed by atoms with Gasteiger partial charge in [0.1, 0.15) is 11.6 Å². The first kappa shape index (κ1) is 17.3. The van der Waals surface area contributed by atoms with Gasteiger partial charge in [0.15, 0.2) is 11.5 Å². The molecule has 1 aliphatic heterocycles. The van der Waals surface area contributed by atoms with Crippen LogP contribution in [0, 0.1) is 18.3 Å². The number of fused-ring (bicyclic) bond motifs is 1. The van der Waals surface area contributed by atoms with Crippen molar-refractivity contribution in [1.82, 2.24) is 10.2 Å². The van der Waals surface area contributed by atoms with E-state index in [4.69, 9.17) is 19.9 Å². The number of ether oxygens (including phenoxy) is 3. The molecule has 7 nitrogen and oxygen atoms in total. The summed E-state index contributed by atoms with van der Waals surface area (Å²) in [6.45, 7) is 1.90. The largest absolute Gasteiger partial charge is 0.493 e. The van der Waals surface area contributed by atoms with Gasteiger partial charge in [0.25, 0.3) is 0 Å². The molecule has 2 aliphatic rings. The van der Waals surface area contributed by atoms with Gasteiger partial charge in [0.2, 0.25) is 11.8 Å². The number of aromatic amines is 1. The summed E-state index contributed by atoms with van der Waals surface area (Å²) in [5, 5.41) is 16.7. The lowest BCUT2D eigenvalue weighted by atomic mass is 9.84. The second kappa shape index (κ2) is 6.88. The molecular weight excluding hydrogens is 344 g/mol. The summed E-state index contributed by atoms with van der Waals surface area (Å²) in [6.07, 6.45) is 4.78. The van der Waals surface area contributed by atoms with Crippen molar-refractivity contribution in [1.29, 1.82) is 5.26 Å². The monoisotopic (exact) mass is 366 g/mol. The molecule has 7 heteroatoms. The third-order valence-corrected chi connectivity index (χ3v) is 5.25. The summed E-state index contributed by atoms with van der Waals surface area (Å²) in [7, 11) is 1.62. The fraction of sp³-hybridized carbons (Fsp3) is 0.400. The molecule has 1 aliphatic carbocycles. The van der Waals surface area contributed by atoms with Crippen LogP contribution in [0.15, 0.2) is 29.7 Å². The van der Waals surface area contributed by atoms with Gasteiger partial charge in [-0.2, -0.15) is 5.26 Å². The van der Waals surface area contributed by atoms with E-state index in [1.165, 1.54) is 12.8 Å². The molecule has 0 saturated heterocycles. The Bertz CT molecular complexity index is 935. The summed E-state index contributed by atoms with van der Waals surface area (Å²) >= 11 is 0. The zero-order chi connectivity index (χ0) is 19.0. The number of aromatic nitrogens is 2. The van der Waals surface area contributed by atoms with Gasteiger partial charge < -0.3 is 19.9 Å². The minimum Gasteiger partial charge on any atom is -0.493 e. The van der Waals surface area contributed by atoms with Crippen LogP contribution in [0.1, 0.15) is 48.4 Å². The highest BCUT2D eigenvalue weighted by molar-refractivity contribution is 5.57. The molecule has 1 aromatic heterocycles. The molecule has 0 spiro atoms. The van der Waals surface area contributed by atoms with Crippen LogP contribution in [0.5, 0.6) is 17.4 Å². The van der Waals surface area contributed by atoms with E-state index in [2.05, 4.69) is 16.3 Å². The van der Waals surface area contributed by atoms with Gasteiger partial charge in [-0.05, 0) is 50.3 Å². The van der Waals surface area contributed by atoms with E-state index in [0.29, 0.717) is 17.2 Å². The summed E-state index contributed by atoms with van der Waals surface area (Å²) in [5.74, 6) is 1.47. The number of nitrogens with one attached hydrogen (secondary N) is 1. The van der Waals surface area contributed by atoms with Crippen molar-refractivity contribution in [2.75, 3.05) is 7.11 Å². The van der Waals surface area contributed by atoms with Gasteiger partial charge in [0.05, 0.1) is 19.1 Å². The van der Waals surface area contributed by atoms with E-state index in [-0.39, 0.29) is 17.9 Å². The normalized spacial score (nSPS) is 19.4. The number of H-pyrrole nitrogens is 1. The number of nitrogens with zero attached hydrogens (tertiary/aromatic N) is 2. The van der Waals surface area contributed by atoms with Gasteiger partial charge in [-0.25, -0.2) is 0 Å². The molecule has 1 aromatic carbocycles. The van der Waals surface area contributed by atoms with Gasteiger partial charge in [-0.1, -0.05) is 6.07 Å². The number of nitriles is 1. The maximum atomic E-state index is 9.66. The molecule has 1 atom stereocenters. The first-order valence-electron chi connectivity index (χ1n) is 9.09. The number of aryl methyl sites for hydroxylation is 1. The lowest BCUT2D eigenvalue weighted by molar-refractivity contribution is 0.200. The van der Waals surface area contributed by atoms with Crippen molar-refractivity contribution in [3.63, 3.8) is 0 Å². The lowest BCUT2D eigenvalue weighted by Gasteiger charge is -2.24. The highest BCUT2D eigenvalue weighted by Crippen LogP contribution is 2.44. The van der Waals surface area contributed by atoms with Crippen LogP contribution in [0.2, 0.25) is 0 Å². The van der Waals surface area contributed by atoms with Crippen molar-refractivity contribution < 1.29 is 14.2 Å². The van der Waals surface area contributed by atoms with Crippen molar-refractivity contribution in [2.24, 2.45) is 5.73 Å². The summed E-state index contributed by atoms with van der Waals surface area (Å²) in [5.41, 5.74) is 8.86. The van der Waals surface area contributed by atoms with Gasteiger partial charge >= 0.3 is 0 Å². The minimum atomic E-state index is -0.369. The average molecular weight is 366 g/mol. The van der Waals surface area contributed by atoms with Crippen molar-refractivity contribution >= 4 is 0 Å². The lowest BCUT2D eigenvalue weighted by Crippen LogP contribution is -2.21. The Labute approximate surface area is 157 Å². The molecule has 2 aromatic rings. The zero-order valence-electron chi connectivity index (χ0n) is 15.4. The number of benzene rings is 1. The van der Waals surface area contributed by atoms with Crippen LogP contribution in [-0.4, -0.2) is 23.4 Å². The van der Waals surface area contributed by atoms with Crippen LogP contribution in [0.25, 0.3) is 0 Å². The van der Waals surface area contributed by atoms with Gasteiger partial charge in [0, 0.05) is 11.3 Å². The minimum absolute atomic E-state index is 0.0757. The number of methoxy groups -OCH3 is 1. The van der Waals surface area contributed by atoms with Crippen LogP contribution >= 0.6 is 0 Å². The van der Waals surface area contributed by atoms with E-state index < -0.39 is 0 Å². The molecule has 3 N–H and O–H groups in total. The third kappa shape index (κ3) is 2.97. The summed E-state index contributed by atoms with van der Waals surface area (Å²) in [4.78, 5) is 0. The molecule has 0 bridgehead atoms. The highest BCUT2D eigenvalue weighted by atomic mass is 16.5. The number of allylic oxidation sites excluding steroid dienone is 1. The maximum absolute atomic E-state index is 9.66. The van der Waals surface area contributed by atoms with Crippen molar-refractivity contribution in [2.45, 2.75) is 44.6 Å². The number of hydrogen-bond acceptors (Lipinski definition) is 6. The van der Waals surface area contributed by atoms with E-state index in [1.54, 1.807) is 7.11 Å². The maximum Gasteiger partial charge on any atom is 0.244 e. The number of hydrogen-bond donors (Lipinski definition) is 2. The zero-order valence-corrected chi connectivity index (χ0v) is 15.4. The predicted octanol–water partition coefficient (Wildman–Crippen LogP) is 3.27. The Hall–Kier alpha value is -3.14. The first-order valence-corrected chi connectivity index (χ1v) is 9.09. The topological polar surface area (TPSA) is 106 Å². The Balaban J connectivity index is 1.75. The fourth-order valence-corrected chi connectivity index (χ4v) is 3.88. The number of nitrogens with two attached hydrogens (primary N) is 1. The van der Waals surface area contributed by atoms with Crippen LogP contribution in [0.4, 0.5) is 0 Å². The molecule has 1 unspecified atom stereocenters. The summed E-state index contributed by atoms with van der Waals surface area (Å²) < 4.78 is 17.2. The van der Waals surface area contributed by atoms with E-state index >= 15 is 0 Å². The average Bonchev–Trinajstić information content (AvgIpc) is 3.31. The quantitative estimate of drug-likeness (QED) is 0.860. The van der Waals surface area contributed by atoms with Gasteiger partial charge in [-0.15, -0.1) is 5.10 Å². The second-order valence-electron chi connectivity index (χ2n) is 6.93. The molecule has 0 amide bonds. The van der Waals surface area contributed by atoms with Gasteiger partial charge in [-0.3, -0.25) is 5.10 Å². The SMILES string of the molecule is COc1cc(C2C(C#N)=C(N)Oc3n[nH]c(C)c32)ccc1OC1CCCC1. The Morgan fingerprint density at radius 2 is 2.07 bits per heavy atom. The van der Waals surface area contributed by atoms with E-state index in [0.717, 1.165) is 35.4 Å². The van der Waals surface area contributed by atoms with E-state index in [9.17, 15) is 5.26 Å². The van der Waals surface area contributed by atoms with E-state index in [1.807, 2.05) is 25.1 Å². The Morgan fingerprint density at radius 3 is 2.78 bits per heavy atom. The van der Waals surface area contributed by atoms with Crippen molar-refractivity contribution in [3.8, 4) is 23.4 Å². The smallest absolute Gasteiger partial charge is 0.244 e. The molecule has 2 heterocycles. The molecule has 4 rings (SSSR count). The van der Waals surface area contributed by atoms with Crippen molar-refractivity contribution in [3.05, 3.63) is 46.5 Å². The Morgan fingerprint density at radius 1 is 1.30 bits per heavy atom. The molecule has 0 radical (unpaired) electrons. The van der Waals surface area contributed by atoms with Crippen LogP contribution in [-0.2, 0) is 0 Å². The molecule has 1 fully saturated rings. The standard InChI is InChI=1S/C20H22N4O3/c1-11-17-18(14(10-21)19(22)27-20(17)24-23-11)12-7-8-15(16(9-12)25-2)26-13-5-3-4-6-13/h7-9,13,18H,3-6,22H2,1-2H3,(H,23,24). The second-order valence-corrected chi connectivity index (χ2v) is 6.93.